The van der Waals surface area contributed by atoms with Crippen molar-refractivity contribution >= 4 is 11.4 Å². The fourth-order valence-corrected chi connectivity index (χ4v) is 0.483. The van der Waals surface area contributed by atoms with E-state index in [1.54, 1.807) is 24.3 Å². The van der Waals surface area contributed by atoms with E-state index < -0.39 is 0 Å². The van der Waals surface area contributed by atoms with Crippen LogP contribution < -0.4 is 5.73 Å². The van der Waals surface area contributed by atoms with Crippen molar-refractivity contribution in [1.82, 2.24) is 0 Å². The summed E-state index contributed by atoms with van der Waals surface area (Å²) < 4.78 is 0. The van der Waals surface area contributed by atoms with E-state index in [9.17, 15) is 0 Å². The van der Waals surface area contributed by atoms with Crippen LogP contribution in [0.2, 0.25) is 0 Å². The first kappa shape index (κ1) is 8.34. The first-order valence-electron chi connectivity index (χ1n) is 2.36. The predicted octanol–water partition coefficient (Wildman–Crippen LogP) is 1.95. The number of nitrogens with one attached hydrogen (secondary N) is 1. The molecule has 0 amide bonds. The van der Waals surface area contributed by atoms with Gasteiger partial charge in [0.15, 0.2) is 0 Å². The van der Waals surface area contributed by atoms with Gasteiger partial charge >= 0.3 is 17.1 Å². The Morgan fingerprint density at radius 3 is 1.89 bits per heavy atom. The third kappa shape index (κ3) is 2.40. The van der Waals surface area contributed by atoms with Gasteiger partial charge in [-0.05, 0) is 12.1 Å². The normalized spacial score (nSPS) is 8.00. The number of nitrogens with two attached hydrogens (primary N) is 1. The summed E-state index contributed by atoms with van der Waals surface area (Å²) in [7, 11) is 0. The van der Waals surface area contributed by atoms with E-state index in [1.807, 2.05) is 0 Å². The Balaban J connectivity index is 0.000000640. The Bertz CT molecular complexity index is 150. The summed E-state index contributed by atoms with van der Waals surface area (Å²) in [6, 6.07) is 6.75. The number of anilines is 1. The third-order valence-electron chi connectivity index (χ3n) is 0.911. The molecule has 3 heteroatoms. The van der Waals surface area contributed by atoms with E-state index in [0.29, 0.717) is 11.4 Å². The van der Waals surface area contributed by atoms with Crippen molar-refractivity contribution in [3.63, 3.8) is 0 Å². The molecule has 0 aliphatic carbocycles. The van der Waals surface area contributed by atoms with Crippen LogP contribution in [0.3, 0.4) is 0 Å². The summed E-state index contributed by atoms with van der Waals surface area (Å²) in [6.07, 6.45) is 0. The maximum Gasteiger partial charge on any atom is 1.00 e. The zero-order chi connectivity index (χ0) is 5.98. The van der Waals surface area contributed by atoms with Gasteiger partial charge in [-0.1, -0.05) is 12.1 Å². The van der Waals surface area contributed by atoms with Gasteiger partial charge in [-0.2, -0.15) is 0 Å². The maximum atomic E-state index is 7.04. The van der Waals surface area contributed by atoms with E-state index in [0.717, 1.165) is 0 Å². The van der Waals surface area contributed by atoms with Crippen LogP contribution >= 0.6 is 0 Å². The largest absolute Gasteiger partial charge is 1.00 e. The fraction of sp³-hybridized carbons (Fsp3) is 0. The molecule has 0 aromatic heterocycles. The molecule has 52 valence electrons. The molecule has 0 fully saturated rings. The van der Waals surface area contributed by atoms with Crippen LogP contribution in [0.5, 0.6) is 0 Å². The number of nitrogen functional groups attached to an aromatic ring is 1. The summed E-state index contributed by atoms with van der Waals surface area (Å²) in [4.78, 5) is 0. The molecule has 2 nitrogen and oxygen atoms in total. The second-order valence-electron chi connectivity index (χ2n) is 1.62. The van der Waals surface area contributed by atoms with Crippen LogP contribution in [-0.2, 0) is 17.1 Å². The minimum absolute atomic E-state index is 0. The summed E-state index contributed by atoms with van der Waals surface area (Å²) >= 11 is 0. The van der Waals surface area contributed by atoms with E-state index in [1.165, 1.54) is 0 Å². The maximum absolute atomic E-state index is 7.04. The molecule has 0 saturated heterocycles. The zero-order valence-corrected chi connectivity index (χ0v) is 5.63. The van der Waals surface area contributed by atoms with Crippen molar-refractivity contribution in [2.75, 3.05) is 5.73 Å². The van der Waals surface area contributed by atoms with Gasteiger partial charge in [0.2, 0.25) is 0 Å². The van der Waals surface area contributed by atoms with Crippen molar-refractivity contribution in [3.05, 3.63) is 30.0 Å². The Kier molecular flexibility index (Phi) is 3.13. The molecule has 1 aromatic rings. The van der Waals surface area contributed by atoms with Gasteiger partial charge in [0.25, 0.3) is 0 Å². The second-order valence-corrected chi connectivity index (χ2v) is 1.62. The summed E-state index contributed by atoms with van der Waals surface area (Å²) in [6.45, 7) is 0. The van der Waals surface area contributed by atoms with Crippen LogP contribution in [0.15, 0.2) is 24.3 Å². The van der Waals surface area contributed by atoms with Gasteiger partial charge in [-0.25, -0.2) is 0 Å². The van der Waals surface area contributed by atoms with Gasteiger partial charge in [0.05, 0.1) is 0 Å². The van der Waals surface area contributed by atoms with Gasteiger partial charge in [0, 0.05) is 5.69 Å². The van der Waals surface area contributed by atoms with Gasteiger partial charge in [-0.3, -0.25) is 0 Å². The van der Waals surface area contributed by atoms with E-state index in [2.05, 4.69) is 0 Å². The van der Waals surface area contributed by atoms with Gasteiger partial charge in [0.1, 0.15) is 0 Å². The minimum atomic E-state index is 0. The minimum Gasteiger partial charge on any atom is -0.699 e. The van der Waals surface area contributed by atoms with E-state index >= 15 is 0 Å². The summed E-state index contributed by atoms with van der Waals surface area (Å²) in [5.74, 6) is 0. The first-order chi connectivity index (χ1) is 3.79. The summed E-state index contributed by atoms with van der Waals surface area (Å²) in [5.41, 5.74) is 13.6. The zero-order valence-electron chi connectivity index (χ0n) is 4.69. The van der Waals surface area contributed by atoms with Crippen LogP contribution in [-0.4, -0.2) is 0 Å². The Hall–Kier alpha value is -0.661. The molecule has 9 heavy (non-hydrogen) atoms. The molecule has 0 aliphatic heterocycles. The molecule has 0 unspecified atom stereocenters. The molecule has 0 heterocycles. The van der Waals surface area contributed by atoms with Crippen molar-refractivity contribution in [2.45, 2.75) is 0 Å². The topological polar surface area (TPSA) is 49.8 Å². The van der Waals surface area contributed by atoms with Crippen LogP contribution in [0.4, 0.5) is 11.4 Å². The quantitative estimate of drug-likeness (QED) is 0.470. The number of rotatable bonds is 0. The van der Waals surface area contributed by atoms with Crippen LogP contribution in [0, 0.1) is 0 Å². The molecule has 0 bridgehead atoms. The summed E-state index contributed by atoms with van der Waals surface area (Å²) in [5, 5.41) is 0. The number of hydrogen-bond acceptors (Lipinski definition) is 1. The molecule has 0 radical (unpaired) electrons. The average molecular weight is 171 g/mol. The molecule has 0 saturated carbocycles. The molecule has 0 aliphatic rings. The Morgan fingerprint density at radius 2 is 1.56 bits per heavy atom. The van der Waals surface area contributed by atoms with Crippen LogP contribution in [0.25, 0.3) is 5.73 Å². The van der Waals surface area contributed by atoms with Crippen molar-refractivity contribution in [1.29, 1.82) is 0 Å². The molecule has 1 rings (SSSR count). The molecule has 1 aromatic carbocycles. The smallest absolute Gasteiger partial charge is 0.699 e. The molecular weight excluding hydrogens is 164 g/mol. The molecule has 0 spiro atoms. The number of hydrogen-bond donors (Lipinski definition) is 1. The Labute approximate surface area is 64.7 Å². The van der Waals surface area contributed by atoms with Gasteiger partial charge in [-0.15, -0.1) is 5.69 Å². The monoisotopic (exact) mass is 170 g/mol. The molecule has 3 N–H and O–H groups in total. The SMILES string of the molecule is [Cu+].[NH-]c1ccc(N)cc1. The predicted molar refractivity (Wildman–Crippen MR) is 34.8 cm³/mol. The average Bonchev–Trinajstić information content (AvgIpc) is 1.77. The van der Waals surface area contributed by atoms with Crippen molar-refractivity contribution in [3.8, 4) is 0 Å². The standard InChI is InChI=1S/C6H7N2.Cu/c7-5-1-2-6(8)4-3-5;/h1-4,7H,8H2;/q-1;+1. The van der Waals surface area contributed by atoms with Gasteiger partial charge < -0.3 is 11.5 Å². The number of benzene rings is 1. The molecule has 0 atom stereocenters. The first-order valence-corrected chi connectivity index (χ1v) is 2.36. The second kappa shape index (κ2) is 3.38. The van der Waals surface area contributed by atoms with Crippen molar-refractivity contribution < 1.29 is 17.1 Å². The molecular formula is C6H7CuN2. The Morgan fingerprint density at radius 1 is 1.11 bits per heavy atom. The van der Waals surface area contributed by atoms with E-state index in [-0.39, 0.29) is 17.1 Å². The van der Waals surface area contributed by atoms with Crippen LogP contribution in [0.1, 0.15) is 0 Å². The van der Waals surface area contributed by atoms with E-state index in [4.69, 9.17) is 11.5 Å². The third-order valence-corrected chi connectivity index (χ3v) is 0.911. The van der Waals surface area contributed by atoms with Crippen molar-refractivity contribution in [2.24, 2.45) is 0 Å². The fourth-order valence-electron chi connectivity index (χ4n) is 0.483.